The lowest BCUT2D eigenvalue weighted by Gasteiger charge is -2.34. The van der Waals surface area contributed by atoms with Gasteiger partial charge >= 0.3 is 12.2 Å². The smallest absolute Gasteiger partial charge is 0.411 e. The molecule has 274 valence electrons. The molecule has 2 amide bonds. The molecule has 2 aromatic heterocycles. The number of imidazole rings is 2. The van der Waals surface area contributed by atoms with Crippen LogP contribution in [0.3, 0.4) is 0 Å². The van der Waals surface area contributed by atoms with Crippen molar-refractivity contribution >= 4 is 45.0 Å². The Morgan fingerprint density at radius 3 is 1.87 bits per heavy atom. The minimum atomic E-state index is -0.564. The van der Waals surface area contributed by atoms with Crippen molar-refractivity contribution in [3.05, 3.63) is 84.4 Å². The molecule has 0 spiro atoms. The lowest BCUT2D eigenvalue weighted by Crippen LogP contribution is -2.46. The standard InChI is InChI=1S/C43H48N6O4/c1-41(2,3)52-39(50)48-20-8-10-36(48)37-44-32-17-15-30(24-34(32)45-37)28-13-11-27-23-29(14-12-26(27)22-28)31-16-18-33-35(25-31)47-38(46-33)43(7)19-9-21-49(43)40(51)53-42(4,5)6/h11-18,22-25,36H,8-10,19-21H2,1-7H3,(H,44,45)(H,46,47). The zero-order valence-electron chi connectivity index (χ0n) is 31.7. The molecule has 8 rings (SSSR count). The van der Waals surface area contributed by atoms with Crippen LogP contribution in [0.25, 0.3) is 55.1 Å². The maximum absolute atomic E-state index is 13.1. The van der Waals surface area contributed by atoms with Crippen LogP contribution in [-0.4, -0.2) is 66.2 Å². The molecule has 2 saturated heterocycles. The average molecular weight is 713 g/mol. The Kier molecular flexibility index (Phi) is 8.27. The summed E-state index contributed by atoms with van der Waals surface area (Å²) in [5.74, 6) is 1.58. The molecule has 0 bridgehead atoms. The van der Waals surface area contributed by atoms with Gasteiger partial charge in [0, 0.05) is 13.1 Å². The molecule has 2 aliphatic rings. The maximum atomic E-state index is 13.1. The highest BCUT2D eigenvalue weighted by Gasteiger charge is 2.45. The highest BCUT2D eigenvalue weighted by atomic mass is 16.6. The van der Waals surface area contributed by atoms with Gasteiger partial charge in [-0.1, -0.05) is 36.4 Å². The van der Waals surface area contributed by atoms with Crippen LogP contribution in [0, 0.1) is 0 Å². The second-order valence-corrected chi connectivity index (χ2v) is 16.8. The minimum absolute atomic E-state index is 0.128. The Morgan fingerprint density at radius 2 is 1.25 bits per heavy atom. The van der Waals surface area contributed by atoms with Gasteiger partial charge in [-0.25, -0.2) is 19.6 Å². The summed E-state index contributed by atoms with van der Waals surface area (Å²) in [6.07, 6.45) is 2.88. The summed E-state index contributed by atoms with van der Waals surface area (Å²) in [4.78, 5) is 46.5. The molecule has 53 heavy (non-hydrogen) atoms. The Bertz CT molecular complexity index is 2380. The van der Waals surface area contributed by atoms with Gasteiger partial charge in [0.2, 0.25) is 0 Å². The number of carbonyl (C=O) groups is 2. The van der Waals surface area contributed by atoms with Crippen molar-refractivity contribution in [1.29, 1.82) is 0 Å². The molecule has 2 fully saturated rings. The largest absolute Gasteiger partial charge is 0.444 e. The van der Waals surface area contributed by atoms with E-state index in [-0.39, 0.29) is 18.2 Å². The van der Waals surface area contributed by atoms with Crippen molar-refractivity contribution < 1.29 is 19.1 Å². The van der Waals surface area contributed by atoms with Gasteiger partial charge in [-0.3, -0.25) is 9.80 Å². The lowest BCUT2D eigenvalue weighted by molar-refractivity contribution is 0.00861. The van der Waals surface area contributed by atoms with E-state index in [0.29, 0.717) is 13.1 Å². The van der Waals surface area contributed by atoms with Crippen molar-refractivity contribution in [2.45, 2.75) is 96.9 Å². The molecule has 10 nitrogen and oxygen atoms in total. The Balaban J connectivity index is 1.02. The zero-order valence-corrected chi connectivity index (χ0v) is 31.7. The van der Waals surface area contributed by atoms with E-state index in [1.165, 1.54) is 0 Å². The summed E-state index contributed by atoms with van der Waals surface area (Å²) in [6, 6.07) is 25.6. The lowest BCUT2D eigenvalue weighted by atomic mass is 9.97. The molecule has 2 N–H and O–H groups in total. The zero-order chi connectivity index (χ0) is 37.3. The maximum Gasteiger partial charge on any atom is 0.411 e. The second kappa shape index (κ2) is 12.6. The molecule has 2 atom stereocenters. The molecular formula is C43H48N6O4. The van der Waals surface area contributed by atoms with E-state index < -0.39 is 16.7 Å². The average Bonchev–Trinajstić information content (AvgIpc) is 3.90. The number of likely N-dealkylation sites (tertiary alicyclic amines) is 2. The van der Waals surface area contributed by atoms with Gasteiger partial charge in [-0.15, -0.1) is 0 Å². The summed E-state index contributed by atoms with van der Waals surface area (Å²) in [5.41, 5.74) is 6.38. The molecule has 2 unspecified atom stereocenters. The molecule has 4 aromatic carbocycles. The second-order valence-electron chi connectivity index (χ2n) is 16.8. The predicted molar refractivity (Wildman–Crippen MR) is 209 cm³/mol. The van der Waals surface area contributed by atoms with Gasteiger partial charge in [-0.05, 0) is 144 Å². The molecule has 6 aromatic rings. The molecule has 2 aliphatic heterocycles. The molecule has 10 heteroatoms. The predicted octanol–water partition coefficient (Wildman–Crippen LogP) is 10.2. The van der Waals surface area contributed by atoms with Gasteiger partial charge in [0.05, 0.1) is 28.1 Å². The number of aromatic amines is 2. The van der Waals surface area contributed by atoms with Crippen molar-refractivity contribution in [2.75, 3.05) is 13.1 Å². The first kappa shape index (κ1) is 34.7. The van der Waals surface area contributed by atoms with Crippen LogP contribution >= 0.6 is 0 Å². The normalized spacial score (nSPS) is 19.5. The van der Waals surface area contributed by atoms with E-state index in [2.05, 4.69) is 77.6 Å². The SMILES string of the molecule is CC(C)(C)OC(=O)N1CCCC1c1nc2ccc(-c3ccc4cc(-c5ccc6nc(C7(C)CCCN7C(=O)OC(C)(C)C)[nH]c6c5)ccc4c3)cc2[nH]1. The number of rotatable bonds is 4. The number of carbonyl (C=O) groups excluding carboxylic acids is 2. The van der Waals surface area contributed by atoms with Crippen LogP contribution in [0.1, 0.15) is 91.8 Å². The van der Waals surface area contributed by atoms with Gasteiger partial charge < -0.3 is 19.4 Å². The Labute approximate surface area is 309 Å². The minimum Gasteiger partial charge on any atom is -0.444 e. The third-order valence-corrected chi connectivity index (χ3v) is 10.5. The number of benzene rings is 4. The molecule has 0 radical (unpaired) electrons. The third kappa shape index (κ3) is 6.71. The van der Waals surface area contributed by atoms with Gasteiger partial charge in [0.25, 0.3) is 0 Å². The van der Waals surface area contributed by atoms with Crippen molar-refractivity contribution in [2.24, 2.45) is 0 Å². The summed E-state index contributed by atoms with van der Waals surface area (Å²) < 4.78 is 11.4. The van der Waals surface area contributed by atoms with E-state index >= 15 is 0 Å². The number of nitrogens with zero attached hydrogens (tertiary/aromatic N) is 4. The number of H-pyrrole nitrogens is 2. The number of ether oxygens (including phenoxy) is 2. The number of hydrogen-bond donors (Lipinski definition) is 2. The van der Waals surface area contributed by atoms with Crippen LogP contribution in [0.2, 0.25) is 0 Å². The summed E-state index contributed by atoms with van der Waals surface area (Å²) >= 11 is 0. The summed E-state index contributed by atoms with van der Waals surface area (Å²) in [6.45, 7) is 14.7. The first-order chi connectivity index (χ1) is 25.1. The number of amides is 2. The van der Waals surface area contributed by atoms with Crippen LogP contribution < -0.4 is 0 Å². The Morgan fingerprint density at radius 1 is 0.698 bits per heavy atom. The van der Waals surface area contributed by atoms with E-state index in [1.807, 2.05) is 58.6 Å². The molecule has 0 saturated carbocycles. The van der Waals surface area contributed by atoms with E-state index in [9.17, 15) is 9.59 Å². The van der Waals surface area contributed by atoms with Crippen LogP contribution in [0.4, 0.5) is 9.59 Å². The van der Waals surface area contributed by atoms with Gasteiger partial charge in [0.15, 0.2) is 0 Å². The molecular weight excluding hydrogens is 665 g/mol. The van der Waals surface area contributed by atoms with Crippen LogP contribution in [0.15, 0.2) is 72.8 Å². The third-order valence-electron chi connectivity index (χ3n) is 10.5. The van der Waals surface area contributed by atoms with E-state index in [1.54, 1.807) is 4.90 Å². The quantitative estimate of drug-likeness (QED) is 0.188. The fourth-order valence-corrected chi connectivity index (χ4v) is 7.83. The van der Waals surface area contributed by atoms with Crippen LogP contribution in [-0.2, 0) is 15.0 Å². The van der Waals surface area contributed by atoms with E-state index in [4.69, 9.17) is 19.4 Å². The monoisotopic (exact) mass is 712 g/mol. The summed E-state index contributed by atoms with van der Waals surface area (Å²) in [5, 5.41) is 2.30. The van der Waals surface area contributed by atoms with Gasteiger partial charge in [-0.2, -0.15) is 0 Å². The van der Waals surface area contributed by atoms with Gasteiger partial charge in [0.1, 0.15) is 28.4 Å². The highest BCUT2D eigenvalue weighted by molar-refractivity contribution is 5.93. The first-order valence-corrected chi connectivity index (χ1v) is 18.7. The number of aromatic nitrogens is 4. The first-order valence-electron chi connectivity index (χ1n) is 18.7. The van der Waals surface area contributed by atoms with Crippen LogP contribution in [0.5, 0.6) is 0 Å². The number of hydrogen-bond acceptors (Lipinski definition) is 6. The topological polar surface area (TPSA) is 116 Å². The van der Waals surface area contributed by atoms with Crippen molar-refractivity contribution in [1.82, 2.24) is 29.7 Å². The number of nitrogens with one attached hydrogen (secondary N) is 2. The highest BCUT2D eigenvalue weighted by Crippen LogP contribution is 2.40. The fraction of sp³-hybridized carbons (Fsp3) is 0.395. The van der Waals surface area contributed by atoms with Crippen molar-refractivity contribution in [3.63, 3.8) is 0 Å². The number of fused-ring (bicyclic) bond motifs is 3. The van der Waals surface area contributed by atoms with E-state index in [0.717, 1.165) is 92.4 Å². The molecule has 4 heterocycles. The van der Waals surface area contributed by atoms with Crippen molar-refractivity contribution in [3.8, 4) is 22.3 Å². The Hall–Kier alpha value is -5.38. The molecule has 0 aliphatic carbocycles. The fourth-order valence-electron chi connectivity index (χ4n) is 7.83. The summed E-state index contributed by atoms with van der Waals surface area (Å²) in [7, 11) is 0.